The predicted molar refractivity (Wildman–Crippen MR) is 82.9 cm³/mol. The molecule has 0 N–H and O–H groups in total. The van der Waals surface area contributed by atoms with Crippen molar-refractivity contribution in [3.05, 3.63) is 76.7 Å². The van der Waals surface area contributed by atoms with Crippen LogP contribution in [0.1, 0.15) is 11.1 Å². The molecule has 0 saturated heterocycles. The van der Waals surface area contributed by atoms with E-state index in [4.69, 9.17) is 11.6 Å². The van der Waals surface area contributed by atoms with E-state index in [0.29, 0.717) is 11.7 Å². The highest BCUT2D eigenvalue weighted by Gasteiger charge is 2.14. The van der Waals surface area contributed by atoms with Gasteiger partial charge in [0.25, 0.3) is 0 Å². The number of hydrogen-bond donors (Lipinski definition) is 0. The van der Waals surface area contributed by atoms with Crippen LogP contribution < -0.4 is 0 Å². The summed E-state index contributed by atoms with van der Waals surface area (Å²) in [5.74, 6) is -0.254. The molecule has 0 bridgehead atoms. The van der Waals surface area contributed by atoms with Crippen molar-refractivity contribution in [2.45, 2.75) is 13.5 Å². The zero-order valence-electron chi connectivity index (χ0n) is 11.6. The van der Waals surface area contributed by atoms with Crippen LogP contribution in [-0.2, 0) is 6.54 Å². The van der Waals surface area contributed by atoms with Crippen LogP contribution in [-0.4, -0.2) is 9.78 Å². The van der Waals surface area contributed by atoms with Crippen molar-refractivity contribution in [1.82, 2.24) is 9.78 Å². The van der Waals surface area contributed by atoms with E-state index in [1.54, 1.807) is 10.7 Å². The minimum absolute atomic E-state index is 0.254. The van der Waals surface area contributed by atoms with Crippen molar-refractivity contribution in [2.24, 2.45) is 0 Å². The first-order valence-electron chi connectivity index (χ1n) is 6.68. The lowest BCUT2D eigenvalue weighted by atomic mass is 10.1. The van der Waals surface area contributed by atoms with Gasteiger partial charge in [0.15, 0.2) is 0 Å². The molecule has 2 nitrogen and oxygen atoms in total. The third-order valence-electron chi connectivity index (χ3n) is 3.38. The first-order valence-corrected chi connectivity index (χ1v) is 7.05. The van der Waals surface area contributed by atoms with Crippen molar-refractivity contribution < 1.29 is 4.39 Å². The molecule has 106 valence electrons. The third-order valence-corrected chi connectivity index (χ3v) is 3.86. The lowest BCUT2D eigenvalue weighted by molar-refractivity contribution is 0.619. The second-order valence-corrected chi connectivity index (χ2v) is 5.28. The highest BCUT2D eigenvalue weighted by molar-refractivity contribution is 6.30. The second-order valence-electron chi connectivity index (χ2n) is 4.92. The molecule has 0 aliphatic carbocycles. The van der Waals surface area contributed by atoms with Crippen molar-refractivity contribution >= 4 is 11.6 Å². The SMILES string of the molecule is Cc1c(-c2ccccc2)nn(Cc2cccc(F)c2)c1Cl. The molecule has 0 radical (unpaired) electrons. The molecule has 0 aliphatic heterocycles. The van der Waals surface area contributed by atoms with Gasteiger partial charge < -0.3 is 0 Å². The summed E-state index contributed by atoms with van der Waals surface area (Å²) in [6, 6.07) is 16.4. The molecule has 0 amide bonds. The van der Waals surface area contributed by atoms with Crippen molar-refractivity contribution in [2.75, 3.05) is 0 Å². The van der Waals surface area contributed by atoms with Crippen molar-refractivity contribution in [3.63, 3.8) is 0 Å². The summed E-state index contributed by atoms with van der Waals surface area (Å²) in [6.07, 6.45) is 0. The fraction of sp³-hybridized carbons (Fsp3) is 0.118. The van der Waals surface area contributed by atoms with E-state index in [0.717, 1.165) is 22.4 Å². The number of aromatic nitrogens is 2. The number of rotatable bonds is 3. The smallest absolute Gasteiger partial charge is 0.130 e. The molecule has 1 heterocycles. The first kappa shape index (κ1) is 13.8. The van der Waals surface area contributed by atoms with Crippen LogP contribution in [0.3, 0.4) is 0 Å². The van der Waals surface area contributed by atoms with E-state index in [1.165, 1.54) is 12.1 Å². The topological polar surface area (TPSA) is 17.8 Å². The van der Waals surface area contributed by atoms with Crippen LogP contribution in [0, 0.1) is 12.7 Å². The molecule has 3 rings (SSSR count). The number of hydrogen-bond acceptors (Lipinski definition) is 1. The molecule has 1 aromatic heterocycles. The van der Waals surface area contributed by atoms with Crippen LogP contribution in [0.25, 0.3) is 11.3 Å². The lowest BCUT2D eigenvalue weighted by Crippen LogP contribution is -2.02. The molecule has 0 aliphatic rings. The van der Waals surface area contributed by atoms with Crippen molar-refractivity contribution in [3.8, 4) is 11.3 Å². The Hall–Kier alpha value is -2.13. The van der Waals surface area contributed by atoms with Gasteiger partial charge in [0.2, 0.25) is 0 Å². The number of nitrogens with zero attached hydrogens (tertiary/aromatic N) is 2. The zero-order chi connectivity index (χ0) is 14.8. The molecule has 0 fully saturated rings. The monoisotopic (exact) mass is 300 g/mol. The summed E-state index contributed by atoms with van der Waals surface area (Å²) in [4.78, 5) is 0. The van der Waals surface area contributed by atoms with Gasteiger partial charge in [-0.15, -0.1) is 0 Å². The summed E-state index contributed by atoms with van der Waals surface area (Å²) >= 11 is 6.36. The van der Waals surface area contributed by atoms with E-state index in [2.05, 4.69) is 5.10 Å². The number of benzene rings is 2. The third kappa shape index (κ3) is 2.83. The van der Waals surface area contributed by atoms with E-state index in [9.17, 15) is 4.39 Å². The summed E-state index contributed by atoms with van der Waals surface area (Å²) in [5, 5.41) is 5.15. The predicted octanol–water partition coefficient (Wildman–Crippen LogP) is 4.70. The molecule has 2 aromatic carbocycles. The van der Waals surface area contributed by atoms with Gasteiger partial charge in [0.1, 0.15) is 11.0 Å². The Balaban J connectivity index is 1.98. The highest BCUT2D eigenvalue weighted by atomic mass is 35.5. The molecule has 4 heteroatoms. The maximum absolute atomic E-state index is 13.3. The molecular weight excluding hydrogens is 287 g/mol. The van der Waals surface area contributed by atoms with Gasteiger partial charge in [-0.2, -0.15) is 5.10 Å². The molecular formula is C17H14ClFN2. The average Bonchev–Trinajstić information content (AvgIpc) is 2.77. The van der Waals surface area contributed by atoms with Crippen LogP contribution in [0.4, 0.5) is 4.39 Å². The van der Waals surface area contributed by atoms with Gasteiger partial charge in [-0.1, -0.05) is 54.1 Å². The molecule has 0 atom stereocenters. The average molecular weight is 301 g/mol. The Kier molecular flexibility index (Phi) is 3.76. The summed E-state index contributed by atoms with van der Waals surface area (Å²) in [6.45, 7) is 2.39. The molecule has 0 saturated carbocycles. The van der Waals surface area contributed by atoms with E-state index < -0.39 is 0 Å². The Bertz CT molecular complexity index is 766. The van der Waals surface area contributed by atoms with Crippen molar-refractivity contribution in [1.29, 1.82) is 0 Å². The minimum Gasteiger partial charge on any atom is -0.249 e. The first-order chi connectivity index (χ1) is 10.1. The van der Waals surface area contributed by atoms with Gasteiger partial charge in [-0.3, -0.25) is 0 Å². The maximum atomic E-state index is 13.3. The highest BCUT2D eigenvalue weighted by Crippen LogP contribution is 2.28. The molecule has 0 spiro atoms. The fourth-order valence-corrected chi connectivity index (χ4v) is 2.50. The number of halogens is 2. The van der Waals surface area contributed by atoms with E-state index in [1.807, 2.05) is 43.3 Å². The van der Waals surface area contributed by atoms with E-state index in [-0.39, 0.29) is 5.82 Å². The van der Waals surface area contributed by atoms with Crippen LogP contribution in [0.2, 0.25) is 5.15 Å². The molecule has 3 aromatic rings. The van der Waals surface area contributed by atoms with Crippen LogP contribution in [0.15, 0.2) is 54.6 Å². The Morgan fingerprint density at radius 3 is 2.57 bits per heavy atom. The summed E-state index contributed by atoms with van der Waals surface area (Å²) < 4.78 is 15.0. The van der Waals surface area contributed by atoms with Gasteiger partial charge in [-0.25, -0.2) is 9.07 Å². The Morgan fingerprint density at radius 1 is 1.10 bits per heavy atom. The molecule has 21 heavy (non-hydrogen) atoms. The fourth-order valence-electron chi connectivity index (χ4n) is 2.31. The lowest BCUT2D eigenvalue weighted by Gasteiger charge is -2.03. The summed E-state index contributed by atoms with van der Waals surface area (Å²) in [7, 11) is 0. The largest absolute Gasteiger partial charge is 0.249 e. The van der Waals surface area contributed by atoms with Gasteiger partial charge in [0, 0.05) is 11.1 Å². The van der Waals surface area contributed by atoms with E-state index >= 15 is 0 Å². The quantitative estimate of drug-likeness (QED) is 0.685. The van der Waals surface area contributed by atoms with Crippen LogP contribution in [0.5, 0.6) is 0 Å². The molecule has 0 unspecified atom stereocenters. The normalized spacial score (nSPS) is 10.8. The van der Waals surface area contributed by atoms with Gasteiger partial charge >= 0.3 is 0 Å². The standard InChI is InChI=1S/C17H14ClFN2/c1-12-16(14-7-3-2-4-8-14)20-21(17(12)18)11-13-6-5-9-15(19)10-13/h2-10H,11H2,1H3. The Labute approximate surface area is 127 Å². The van der Waals surface area contributed by atoms with Gasteiger partial charge in [0.05, 0.1) is 12.2 Å². The van der Waals surface area contributed by atoms with Crippen LogP contribution >= 0.6 is 11.6 Å². The minimum atomic E-state index is -0.254. The summed E-state index contributed by atoms with van der Waals surface area (Å²) in [5.41, 5.74) is 3.64. The Morgan fingerprint density at radius 2 is 1.86 bits per heavy atom. The maximum Gasteiger partial charge on any atom is 0.130 e. The van der Waals surface area contributed by atoms with Gasteiger partial charge in [-0.05, 0) is 24.6 Å². The second kappa shape index (κ2) is 5.70. The zero-order valence-corrected chi connectivity index (χ0v) is 12.3.